The Kier molecular flexibility index (Phi) is 3.45. The summed E-state index contributed by atoms with van der Waals surface area (Å²) in [7, 11) is 2.88. The van der Waals surface area contributed by atoms with Crippen molar-refractivity contribution >= 4 is 11.5 Å². The zero-order valence-electron chi connectivity index (χ0n) is 8.34. The van der Waals surface area contributed by atoms with Gasteiger partial charge >= 0.3 is 22.0 Å². The topological polar surface area (TPSA) is 123 Å². The van der Waals surface area contributed by atoms with Gasteiger partial charge in [-0.1, -0.05) is 0 Å². The zero-order chi connectivity index (χ0) is 12.3. The molecule has 0 aliphatic carbocycles. The lowest BCUT2D eigenvalue weighted by molar-refractivity contribution is 0.277. The van der Waals surface area contributed by atoms with Crippen LogP contribution >= 0.6 is 11.5 Å². The van der Waals surface area contributed by atoms with E-state index >= 15 is 0 Å². The molecule has 0 aliphatic heterocycles. The van der Waals surface area contributed by atoms with Gasteiger partial charge in [-0.05, 0) is 0 Å². The molecule has 0 spiro atoms. The first-order valence-electron chi connectivity index (χ1n) is 3.93. The first-order chi connectivity index (χ1) is 7.40. The third-order valence-electron chi connectivity index (χ3n) is 1.43. The third-order valence-corrected chi connectivity index (χ3v) is 2.14. The average molecular weight is 248 g/mol. The van der Waals surface area contributed by atoms with Crippen LogP contribution in [0.3, 0.4) is 0 Å². The molecule has 0 fully saturated rings. The van der Waals surface area contributed by atoms with Crippen LogP contribution in [0.2, 0.25) is 0 Å². The molecule has 2 aromatic heterocycles. The van der Waals surface area contributed by atoms with Crippen molar-refractivity contribution in [3.63, 3.8) is 0 Å². The van der Waals surface area contributed by atoms with Crippen LogP contribution in [0.15, 0.2) is 23.7 Å². The number of nitrogens with one attached hydrogen (secondary N) is 2. The molecule has 2 rings (SSSR count). The number of hydrogen-bond acceptors (Lipinski definition) is 6. The van der Waals surface area contributed by atoms with Gasteiger partial charge < -0.3 is 4.52 Å². The van der Waals surface area contributed by atoms with E-state index in [-0.39, 0.29) is 10.6 Å². The van der Waals surface area contributed by atoms with Gasteiger partial charge in [0.2, 0.25) is 0 Å². The maximum atomic E-state index is 10.4. The van der Waals surface area contributed by atoms with E-state index in [0.29, 0.717) is 0 Å². The van der Waals surface area contributed by atoms with Gasteiger partial charge in [0.05, 0.1) is 7.05 Å². The van der Waals surface area contributed by atoms with Gasteiger partial charge in [0, 0.05) is 18.6 Å². The van der Waals surface area contributed by atoms with E-state index in [1.54, 1.807) is 0 Å². The standard InChI is InChI=1S/C3H4N2O3.C3H4N2O2S/c2*1-5-2(6)4-3(7)8-5/h2*1H3,(H,4,6,7). The van der Waals surface area contributed by atoms with Gasteiger partial charge in [0.15, 0.2) is 0 Å². The van der Waals surface area contributed by atoms with Crippen LogP contribution in [0.1, 0.15) is 0 Å². The summed E-state index contributed by atoms with van der Waals surface area (Å²) in [5, 5.41) is 0. The summed E-state index contributed by atoms with van der Waals surface area (Å²) in [5.74, 6) is -0.725. The molecular weight excluding hydrogens is 240 g/mol. The highest BCUT2D eigenvalue weighted by atomic mass is 32.1. The first-order valence-corrected chi connectivity index (χ1v) is 4.70. The monoisotopic (exact) mass is 248 g/mol. The minimum absolute atomic E-state index is 0.308. The fourth-order valence-corrected chi connectivity index (χ4v) is 1.22. The molecule has 9 nitrogen and oxygen atoms in total. The van der Waals surface area contributed by atoms with E-state index in [0.717, 1.165) is 16.3 Å². The molecule has 0 unspecified atom stereocenters. The number of nitrogens with zero attached hydrogens (tertiary/aromatic N) is 2. The summed E-state index contributed by atoms with van der Waals surface area (Å²) < 4.78 is 6.27. The Morgan fingerprint density at radius 2 is 1.69 bits per heavy atom. The number of hydrogen-bond donors (Lipinski definition) is 2. The fraction of sp³-hybridized carbons (Fsp3) is 0.333. The Labute approximate surface area is 90.7 Å². The summed E-state index contributed by atoms with van der Waals surface area (Å²) in [5.41, 5.74) is -0.880. The normalized spacial score (nSPS) is 9.62. The van der Waals surface area contributed by atoms with Crippen molar-refractivity contribution in [1.29, 1.82) is 0 Å². The Bertz CT molecular complexity index is 619. The second kappa shape index (κ2) is 4.61. The highest BCUT2D eigenvalue weighted by Crippen LogP contribution is 1.70. The molecule has 16 heavy (non-hydrogen) atoms. The van der Waals surface area contributed by atoms with Crippen molar-refractivity contribution in [2.75, 3.05) is 0 Å². The van der Waals surface area contributed by atoms with Crippen LogP contribution in [0.4, 0.5) is 0 Å². The molecule has 0 saturated carbocycles. The summed E-state index contributed by atoms with van der Waals surface area (Å²) in [6.45, 7) is 0. The van der Waals surface area contributed by atoms with Gasteiger partial charge in [-0.15, -0.1) is 0 Å². The van der Waals surface area contributed by atoms with Crippen LogP contribution in [0.5, 0.6) is 0 Å². The molecule has 2 N–H and O–H groups in total. The van der Waals surface area contributed by atoms with E-state index in [4.69, 9.17) is 0 Å². The number of aromatic amines is 2. The van der Waals surface area contributed by atoms with E-state index in [9.17, 15) is 19.2 Å². The first kappa shape index (κ1) is 12.0. The fourth-order valence-electron chi connectivity index (χ4n) is 0.709. The predicted octanol–water partition coefficient (Wildman–Crippen LogP) is -2.20. The zero-order valence-corrected chi connectivity index (χ0v) is 9.16. The van der Waals surface area contributed by atoms with Crippen LogP contribution in [-0.4, -0.2) is 18.7 Å². The summed E-state index contributed by atoms with van der Waals surface area (Å²) in [4.78, 5) is 44.6. The molecule has 0 saturated heterocycles. The Morgan fingerprint density at radius 1 is 1.06 bits per heavy atom. The van der Waals surface area contributed by atoms with Crippen LogP contribution in [-0.2, 0) is 14.1 Å². The van der Waals surface area contributed by atoms with Crippen molar-refractivity contribution < 1.29 is 4.52 Å². The SMILES string of the molecule is Cn1oc(=O)[nH]c1=O.Cn1sc(=O)[nH]c1=O. The molecule has 0 amide bonds. The second-order valence-corrected chi connectivity index (χ2v) is 3.71. The van der Waals surface area contributed by atoms with Crippen molar-refractivity contribution in [3.8, 4) is 0 Å². The summed E-state index contributed by atoms with van der Waals surface area (Å²) in [6, 6.07) is 0. The smallest absolute Gasteiger partial charge is 0.317 e. The molecule has 0 bridgehead atoms. The van der Waals surface area contributed by atoms with Crippen LogP contribution < -0.4 is 22.0 Å². The molecule has 0 aliphatic rings. The van der Waals surface area contributed by atoms with E-state index < -0.39 is 11.4 Å². The van der Waals surface area contributed by atoms with E-state index in [2.05, 4.69) is 9.51 Å². The molecule has 0 aromatic carbocycles. The average Bonchev–Trinajstić information content (AvgIpc) is 2.58. The molecule has 2 heterocycles. The lowest BCUT2D eigenvalue weighted by atomic mass is 11.2. The molecule has 0 radical (unpaired) electrons. The lowest BCUT2D eigenvalue weighted by Crippen LogP contribution is -2.12. The summed E-state index contributed by atoms with van der Waals surface area (Å²) in [6.07, 6.45) is 0. The number of H-pyrrole nitrogens is 2. The van der Waals surface area contributed by atoms with Crippen LogP contribution in [0, 0.1) is 0 Å². The second-order valence-electron chi connectivity index (χ2n) is 2.61. The Hall–Kier alpha value is -2.10. The van der Waals surface area contributed by atoms with Gasteiger partial charge in [0.1, 0.15) is 0 Å². The van der Waals surface area contributed by atoms with Crippen molar-refractivity contribution in [2.24, 2.45) is 14.1 Å². The number of rotatable bonds is 0. The van der Waals surface area contributed by atoms with Gasteiger partial charge in [0.25, 0.3) is 0 Å². The quantitative estimate of drug-likeness (QED) is 0.547. The van der Waals surface area contributed by atoms with Gasteiger partial charge in [-0.3, -0.25) is 9.78 Å². The molecule has 10 heteroatoms. The minimum Gasteiger partial charge on any atom is -0.317 e. The maximum Gasteiger partial charge on any atom is 0.440 e. The van der Waals surface area contributed by atoms with Gasteiger partial charge in [-0.2, -0.15) is 4.74 Å². The van der Waals surface area contributed by atoms with Crippen LogP contribution in [0.25, 0.3) is 0 Å². The Morgan fingerprint density at radius 3 is 1.81 bits per heavy atom. The van der Waals surface area contributed by atoms with Gasteiger partial charge in [-0.25, -0.2) is 23.3 Å². The largest absolute Gasteiger partial charge is 0.440 e. The van der Waals surface area contributed by atoms with Crippen molar-refractivity contribution in [2.45, 2.75) is 0 Å². The van der Waals surface area contributed by atoms with E-state index in [1.807, 2.05) is 4.98 Å². The van der Waals surface area contributed by atoms with E-state index in [1.165, 1.54) is 18.1 Å². The predicted molar refractivity (Wildman–Crippen MR) is 54.8 cm³/mol. The third kappa shape index (κ3) is 2.95. The minimum atomic E-state index is -0.725. The van der Waals surface area contributed by atoms with Crippen molar-refractivity contribution in [1.82, 2.24) is 18.7 Å². The molecule has 2 aromatic rings. The number of aryl methyl sites for hydroxylation is 2. The number of aromatic nitrogens is 4. The van der Waals surface area contributed by atoms with Crippen molar-refractivity contribution in [3.05, 3.63) is 41.2 Å². The Balaban J connectivity index is 0.000000160. The highest BCUT2D eigenvalue weighted by molar-refractivity contribution is 7.03. The highest BCUT2D eigenvalue weighted by Gasteiger charge is 1.92. The summed E-state index contributed by atoms with van der Waals surface area (Å²) >= 11 is 0.862. The maximum absolute atomic E-state index is 10.4. The lowest BCUT2D eigenvalue weighted by Gasteiger charge is -1.74. The molecular formula is C6H8N4O5S. The molecule has 0 atom stereocenters. The molecule has 88 valence electrons.